The third-order valence-corrected chi connectivity index (χ3v) is 4.32. The summed E-state index contributed by atoms with van der Waals surface area (Å²) < 4.78 is 0. The summed E-state index contributed by atoms with van der Waals surface area (Å²) in [5.74, 6) is 0.430. The highest BCUT2D eigenvalue weighted by Crippen LogP contribution is 2.28. The molecule has 110 valence electrons. The van der Waals surface area contributed by atoms with E-state index in [1.165, 1.54) is 11.1 Å². The lowest BCUT2D eigenvalue weighted by atomic mass is 9.95. The number of anilines is 1. The van der Waals surface area contributed by atoms with E-state index in [9.17, 15) is 0 Å². The zero-order chi connectivity index (χ0) is 14.7. The number of nitrogens with two attached hydrogens (primary N) is 1. The van der Waals surface area contributed by atoms with Crippen LogP contribution in [0.4, 0.5) is 5.69 Å². The van der Waals surface area contributed by atoms with E-state index in [1.54, 1.807) is 0 Å². The van der Waals surface area contributed by atoms with Gasteiger partial charge in [-0.15, -0.1) is 0 Å². The van der Waals surface area contributed by atoms with Gasteiger partial charge in [0.2, 0.25) is 0 Å². The van der Waals surface area contributed by atoms with Crippen LogP contribution in [-0.2, 0) is 6.54 Å². The minimum absolute atomic E-state index is 0.217. The molecule has 0 aromatic heterocycles. The van der Waals surface area contributed by atoms with Crippen LogP contribution in [0.15, 0.2) is 54.6 Å². The van der Waals surface area contributed by atoms with Gasteiger partial charge in [-0.3, -0.25) is 4.90 Å². The Morgan fingerprint density at radius 1 is 1.05 bits per heavy atom. The van der Waals surface area contributed by atoms with E-state index in [0.717, 1.165) is 25.3 Å². The summed E-state index contributed by atoms with van der Waals surface area (Å²) in [6, 6.07) is 19.5. The number of likely N-dealkylation sites (tertiary alicyclic amines) is 1. The summed E-state index contributed by atoms with van der Waals surface area (Å²) in [5, 5.41) is 3.16. The van der Waals surface area contributed by atoms with Gasteiger partial charge in [0.15, 0.2) is 0 Å². The number of nitrogens with one attached hydrogen (secondary N) is 1. The topological polar surface area (TPSA) is 41.3 Å². The Morgan fingerprint density at radius 2 is 1.76 bits per heavy atom. The van der Waals surface area contributed by atoms with Gasteiger partial charge in [0.05, 0.1) is 0 Å². The van der Waals surface area contributed by atoms with Crippen molar-refractivity contribution in [2.75, 3.05) is 25.5 Å². The van der Waals surface area contributed by atoms with Crippen LogP contribution in [0.25, 0.3) is 0 Å². The lowest BCUT2D eigenvalue weighted by Crippen LogP contribution is -2.28. The van der Waals surface area contributed by atoms with Gasteiger partial charge in [0, 0.05) is 44.3 Å². The zero-order valence-electron chi connectivity index (χ0n) is 12.5. The number of hydrogen-bond acceptors (Lipinski definition) is 3. The van der Waals surface area contributed by atoms with Crippen molar-refractivity contribution in [3.05, 3.63) is 65.7 Å². The first-order valence-electron chi connectivity index (χ1n) is 7.56. The van der Waals surface area contributed by atoms with Gasteiger partial charge >= 0.3 is 0 Å². The summed E-state index contributed by atoms with van der Waals surface area (Å²) in [7, 11) is 1.94. The quantitative estimate of drug-likeness (QED) is 0.905. The highest BCUT2D eigenvalue weighted by atomic mass is 15.2. The Morgan fingerprint density at radius 3 is 2.43 bits per heavy atom. The fraction of sp³-hybridized carbons (Fsp3) is 0.333. The van der Waals surface area contributed by atoms with Gasteiger partial charge in [0.1, 0.15) is 0 Å². The van der Waals surface area contributed by atoms with Gasteiger partial charge in [-0.05, 0) is 23.3 Å². The van der Waals surface area contributed by atoms with Crippen molar-refractivity contribution in [2.45, 2.75) is 18.5 Å². The molecule has 3 N–H and O–H groups in total. The van der Waals surface area contributed by atoms with Gasteiger partial charge < -0.3 is 11.1 Å². The van der Waals surface area contributed by atoms with E-state index in [0.29, 0.717) is 5.92 Å². The second-order valence-corrected chi connectivity index (χ2v) is 5.82. The predicted molar refractivity (Wildman–Crippen MR) is 88.4 cm³/mol. The molecule has 2 aromatic carbocycles. The molecular weight excluding hydrogens is 258 g/mol. The first kappa shape index (κ1) is 14.1. The summed E-state index contributed by atoms with van der Waals surface area (Å²) in [5.41, 5.74) is 10.2. The molecule has 1 aliphatic heterocycles. The number of benzene rings is 2. The Balaban J connectivity index is 1.67. The Hall–Kier alpha value is -1.84. The maximum atomic E-state index is 6.37. The molecule has 0 bridgehead atoms. The molecule has 0 spiro atoms. The van der Waals surface area contributed by atoms with Gasteiger partial charge in [-0.25, -0.2) is 0 Å². The molecule has 2 unspecified atom stereocenters. The van der Waals surface area contributed by atoms with E-state index in [2.05, 4.69) is 64.8 Å². The minimum Gasteiger partial charge on any atom is -0.388 e. The lowest BCUT2D eigenvalue weighted by Gasteiger charge is -2.16. The molecule has 2 aromatic rings. The second-order valence-electron chi connectivity index (χ2n) is 5.82. The third-order valence-electron chi connectivity index (χ3n) is 4.32. The summed E-state index contributed by atoms with van der Waals surface area (Å²) in [4.78, 5) is 2.46. The first-order chi connectivity index (χ1) is 10.3. The molecule has 0 aliphatic carbocycles. The second kappa shape index (κ2) is 6.29. The fourth-order valence-electron chi connectivity index (χ4n) is 3.13. The van der Waals surface area contributed by atoms with Crippen molar-refractivity contribution >= 4 is 5.69 Å². The third kappa shape index (κ3) is 3.26. The van der Waals surface area contributed by atoms with Gasteiger partial charge in [0.25, 0.3) is 0 Å². The monoisotopic (exact) mass is 281 g/mol. The van der Waals surface area contributed by atoms with Crippen LogP contribution in [0.5, 0.6) is 0 Å². The molecule has 0 amide bonds. The smallest absolute Gasteiger partial charge is 0.0337 e. The standard InChI is InChI=1S/C18H23N3/c1-20-16-9-7-15(8-10-16)17-12-21(13-18(17)19)11-14-5-3-2-4-6-14/h2-10,17-18,20H,11-13,19H2,1H3. The molecule has 3 heteroatoms. The fourth-order valence-corrected chi connectivity index (χ4v) is 3.13. The molecular formula is C18H23N3. The summed E-state index contributed by atoms with van der Waals surface area (Å²) in [6.45, 7) is 2.99. The minimum atomic E-state index is 0.217. The lowest BCUT2D eigenvalue weighted by molar-refractivity contribution is 0.324. The highest BCUT2D eigenvalue weighted by molar-refractivity contribution is 5.45. The van der Waals surface area contributed by atoms with Crippen molar-refractivity contribution in [3.8, 4) is 0 Å². The number of nitrogens with zero attached hydrogens (tertiary/aromatic N) is 1. The highest BCUT2D eigenvalue weighted by Gasteiger charge is 2.30. The largest absolute Gasteiger partial charge is 0.388 e. The van der Waals surface area contributed by atoms with Crippen molar-refractivity contribution in [1.82, 2.24) is 4.90 Å². The maximum absolute atomic E-state index is 6.37. The van der Waals surface area contributed by atoms with E-state index in [1.807, 2.05) is 7.05 Å². The Bertz CT molecular complexity index is 565. The average molecular weight is 281 g/mol. The van der Waals surface area contributed by atoms with Gasteiger partial charge in [-0.1, -0.05) is 42.5 Å². The van der Waals surface area contributed by atoms with E-state index in [4.69, 9.17) is 5.73 Å². The average Bonchev–Trinajstić information content (AvgIpc) is 2.89. The van der Waals surface area contributed by atoms with Crippen molar-refractivity contribution in [2.24, 2.45) is 5.73 Å². The van der Waals surface area contributed by atoms with Crippen molar-refractivity contribution in [1.29, 1.82) is 0 Å². The number of rotatable bonds is 4. The van der Waals surface area contributed by atoms with Crippen molar-refractivity contribution in [3.63, 3.8) is 0 Å². The Kier molecular flexibility index (Phi) is 4.23. The summed E-state index contributed by atoms with van der Waals surface area (Å²) in [6.07, 6.45) is 0. The zero-order valence-corrected chi connectivity index (χ0v) is 12.5. The first-order valence-corrected chi connectivity index (χ1v) is 7.56. The molecule has 3 nitrogen and oxygen atoms in total. The van der Waals surface area contributed by atoms with Crippen LogP contribution in [0, 0.1) is 0 Å². The molecule has 3 rings (SSSR count). The van der Waals surface area contributed by atoms with Crippen LogP contribution < -0.4 is 11.1 Å². The summed E-state index contributed by atoms with van der Waals surface area (Å²) >= 11 is 0. The van der Waals surface area contributed by atoms with E-state index >= 15 is 0 Å². The van der Waals surface area contributed by atoms with E-state index < -0.39 is 0 Å². The van der Waals surface area contributed by atoms with Crippen LogP contribution in [0.1, 0.15) is 17.0 Å². The molecule has 1 heterocycles. The molecule has 1 saturated heterocycles. The molecule has 1 fully saturated rings. The van der Waals surface area contributed by atoms with Crippen LogP contribution in [0.3, 0.4) is 0 Å². The van der Waals surface area contributed by atoms with Crippen LogP contribution in [0.2, 0.25) is 0 Å². The molecule has 0 saturated carbocycles. The molecule has 21 heavy (non-hydrogen) atoms. The molecule has 2 atom stereocenters. The maximum Gasteiger partial charge on any atom is 0.0337 e. The van der Waals surface area contributed by atoms with Gasteiger partial charge in [-0.2, -0.15) is 0 Å². The molecule has 0 radical (unpaired) electrons. The molecule has 1 aliphatic rings. The predicted octanol–water partition coefficient (Wildman–Crippen LogP) is 2.66. The van der Waals surface area contributed by atoms with Crippen LogP contribution in [-0.4, -0.2) is 31.1 Å². The normalized spacial score (nSPS) is 22.4. The van der Waals surface area contributed by atoms with E-state index in [-0.39, 0.29) is 6.04 Å². The Labute approximate surface area is 126 Å². The van der Waals surface area contributed by atoms with Crippen LogP contribution >= 0.6 is 0 Å². The van der Waals surface area contributed by atoms with Crippen molar-refractivity contribution < 1.29 is 0 Å². The SMILES string of the molecule is CNc1ccc(C2CN(Cc3ccccc3)CC2N)cc1. The number of hydrogen-bond donors (Lipinski definition) is 2.